The van der Waals surface area contributed by atoms with Crippen molar-refractivity contribution in [1.29, 1.82) is 0 Å². The number of hydrogen-bond acceptors (Lipinski definition) is 4. The molecule has 3 aromatic rings. The molecule has 1 saturated carbocycles. The van der Waals surface area contributed by atoms with Gasteiger partial charge in [0.05, 0.1) is 23.7 Å². The molecule has 28 heavy (non-hydrogen) atoms. The summed E-state index contributed by atoms with van der Waals surface area (Å²) in [7, 11) is 0. The first-order chi connectivity index (χ1) is 13.7. The van der Waals surface area contributed by atoms with E-state index in [-0.39, 0.29) is 23.8 Å². The average molecular weight is 377 g/mol. The van der Waals surface area contributed by atoms with Gasteiger partial charge >= 0.3 is 0 Å². The Kier molecular flexibility index (Phi) is 4.11. The molecule has 2 N–H and O–H groups in total. The highest BCUT2D eigenvalue weighted by Crippen LogP contribution is 2.36. The molecule has 2 aromatic carbocycles. The van der Waals surface area contributed by atoms with Crippen LogP contribution in [0.25, 0.3) is 10.9 Å². The fourth-order valence-electron chi connectivity index (χ4n) is 3.64. The summed E-state index contributed by atoms with van der Waals surface area (Å²) in [5, 5.41) is 7.26. The van der Waals surface area contributed by atoms with Gasteiger partial charge in [0, 0.05) is 23.4 Å². The number of benzene rings is 2. The van der Waals surface area contributed by atoms with Crippen LogP contribution in [0.15, 0.2) is 48.5 Å². The maximum atomic E-state index is 14.1. The van der Waals surface area contributed by atoms with E-state index in [0.717, 1.165) is 29.3 Å². The zero-order valence-corrected chi connectivity index (χ0v) is 15.2. The predicted octanol–water partition coefficient (Wildman–Crippen LogP) is 4.20. The van der Waals surface area contributed by atoms with E-state index in [1.807, 2.05) is 30.3 Å². The summed E-state index contributed by atoms with van der Waals surface area (Å²) in [6.07, 6.45) is 2.75. The molecule has 0 radical (unpaired) electrons. The number of nitrogens with one attached hydrogen (secondary N) is 2. The molecule has 0 spiro atoms. The number of pyridine rings is 1. The van der Waals surface area contributed by atoms with E-state index in [1.165, 1.54) is 6.07 Å². The third kappa shape index (κ3) is 3.15. The molecule has 6 heteroatoms. The lowest BCUT2D eigenvalue weighted by Gasteiger charge is -2.27. The van der Waals surface area contributed by atoms with E-state index >= 15 is 0 Å². The van der Waals surface area contributed by atoms with Gasteiger partial charge in [-0.25, -0.2) is 9.37 Å². The SMILES string of the molecule is O=C(NC1CC1)c1cc(N[C@H]2CCOc3c(F)cccc32)nc2ccccc12. The van der Waals surface area contributed by atoms with E-state index in [9.17, 15) is 9.18 Å². The van der Waals surface area contributed by atoms with Crippen molar-refractivity contribution in [3.8, 4) is 5.75 Å². The first-order valence-corrected chi connectivity index (χ1v) is 9.57. The van der Waals surface area contributed by atoms with E-state index in [0.29, 0.717) is 30.2 Å². The standard InChI is InChI=1S/C22H20FN3O2/c23-17-6-3-5-15-19(10-11-28-21(15)17)26-20-12-16(22(27)24-13-8-9-13)14-4-1-2-7-18(14)25-20/h1-7,12-13,19H,8-11H2,(H,24,27)(H,25,26)/t19-/m0/s1. The van der Waals surface area contributed by atoms with E-state index in [1.54, 1.807) is 12.1 Å². The van der Waals surface area contributed by atoms with Crippen molar-refractivity contribution in [2.75, 3.05) is 11.9 Å². The number of halogens is 1. The minimum absolute atomic E-state index is 0.0810. The van der Waals surface area contributed by atoms with Gasteiger partial charge in [0.15, 0.2) is 11.6 Å². The summed E-state index contributed by atoms with van der Waals surface area (Å²) in [6.45, 7) is 0.425. The Balaban J connectivity index is 1.52. The second-order valence-corrected chi connectivity index (χ2v) is 7.31. The molecule has 2 aliphatic rings. The van der Waals surface area contributed by atoms with Crippen LogP contribution < -0.4 is 15.4 Å². The fraction of sp³-hybridized carbons (Fsp3) is 0.273. The summed E-state index contributed by atoms with van der Waals surface area (Å²) in [5.41, 5.74) is 2.12. The molecule has 5 nitrogen and oxygen atoms in total. The highest BCUT2D eigenvalue weighted by atomic mass is 19.1. The molecule has 1 aliphatic carbocycles. The number of aromatic nitrogens is 1. The monoisotopic (exact) mass is 377 g/mol. The first kappa shape index (κ1) is 17.0. The molecule has 1 fully saturated rings. The van der Waals surface area contributed by atoms with Crippen molar-refractivity contribution in [2.45, 2.75) is 31.3 Å². The number of ether oxygens (including phenoxy) is 1. The van der Waals surface area contributed by atoms with Crippen molar-refractivity contribution in [3.63, 3.8) is 0 Å². The van der Waals surface area contributed by atoms with Crippen LogP contribution in [-0.4, -0.2) is 23.5 Å². The van der Waals surface area contributed by atoms with Gasteiger partial charge in [0.1, 0.15) is 5.82 Å². The number of nitrogens with zero attached hydrogens (tertiary/aromatic N) is 1. The third-order valence-electron chi connectivity index (χ3n) is 5.22. The van der Waals surface area contributed by atoms with Gasteiger partial charge in [-0.05, 0) is 31.0 Å². The molecule has 1 aliphatic heterocycles. The minimum Gasteiger partial charge on any atom is -0.490 e. The van der Waals surface area contributed by atoms with Crippen LogP contribution in [0, 0.1) is 5.82 Å². The highest BCUT2D eigenvalue weighted by Gasteiger charge is 2.27. The third-order valence-corrected chi connectivity index (χ3v) is 5.22. The Labute approximate surface area is 161 Å². The van der Waals surface area contributed by atoms with Gasteiger partial charge in [-0.1, -0.05) is 30.3 Å². The molecule has 5 rings (SSSR count). The molecule has 142 valence electrons. The van der Waals surface area contributed by atoms with Crippen molar-refractivity contribution >= 4 is 22.6 Å². The maximum Gasteiger partial charge on any atom is 0.252 e. The number of rotatable bonds is 4. The zero-order chi connectivity index (χ0) is 19.1. The van der Waals surface area contributed by atoms with Crippen molar-refractivity contribution in [2.24, 2.45) is 0 Å². The fourth-order valence-corrected chi connectivity index (χ4v) is 3.64. The molecule has 0 unspecified atom stereocenters. The Morgan fingerprint density at radius 3 is 2.82 bits per heavy atom. The maximum absolute atomic E-state index is 14.1. The van der Waals surface area contributed by atoms with E-state index < -0.39 is 0 Å². The molecule has 1 atom stereocenters. The van der Waals surface area contributed by atoms with Crippen LogP contribution in [0.1, 0.15) is 41.2 Å². The molecule has 0 saturated heterocycles. The topological polar surface area (TPSA) is 63.2 Å². The summed E-state index contributed by atoms with van der Waals surface area (Å²) in [6, 6.07) is 14.5. The van der Waals surface area contributed by atoms with Gasteiger partial charge in [-0.3, -0.25) is 4.79 Å². The zero-order valence-electron chi connectivity index (χ0n) is 15.2. The van der Waals surface area contributed by atoms with Crippen molar-refractivity contribution < 1.29 is 13.9 Å². The quantitative estimate of drug-likeness (QED) is 0.715. The van der Waals surface area contributed by atoms with Crippen LogP contribution in [0.2, 0.25) is 0 Å². The van der Waals surface area contributed by atoms with Crippen molar-refractivity contribution in [1.82, 2.24) is 10.3 Å². The average Bonchev–Trinajstić information content (AvgIpc) is 3.52. The van der Waals surface area contributed by atoms with E-state index in [4.69, 9.17) is 4.74 Å². The number of anilines is 1. The van der Waals surface area contributed by atoms with Crippen LogP contribution in [0.5, 0.6) is 5.75 Å². The van der Waals surface area contributed by atoms with Crippen LogP contribution >= 0.6 is 0 Å². The normalized spacial score (nSPS) is 18.2. The summed E-state index contributed by atoms with van der Waals surface area (Å²) < 4.78 is 19.6. The van der Waals surface area contributed by atoms with Crippen LogP contribution in [0.3, 0.4) is 0 Å². The van der Waals surface area contributed by atoms with Gasteiger partial charge in [0.2, 0.25) is 0 Å². The smallest absolute Gasteiger partial charge is 0.252 e. The second kappa shape index (κ2) is 6.78. The molecule has 2 heterocycles. The number of para-hydroxylation sites is 2. The number of carbonyl (C=O) groups is 1. The molecular weight excluding hydrogens is 357 g/mol. The van der Waals surface area contributed by atoms with Gasteiger partial charge in [0.25, 0.3) is 5.91 Å². The molecular formula is C22H20FN3O2. The lowest BCUT2D eigenvalue weighted by atomic mass is 10.00. The number of carbonyl (C=O) groups excluding carboxylic acids is 1. The molecule has 0 bridgehead atoms. The van der Waals surface area contributed by atoms with Gasteiger partial charge < -0.3 is 15.4 Å². The Bertz CT molecular complexity index is 1060. The lowest BCUT2D eigenvalue weighted by Crippen LogP contribution is -2.26. The Hall–Kier alpha value is -3.15. The molecule has 1 amide bonds. The predicted molar refractivity (Wildman–Crippen MR) is 105 cm³/mol. The largest absolute Gasteiger partial charge is 0.490 e. The minimum atomic E-state index is -0.361. The number of hydrogen-bond donors (Lipinski definition) is 2. The Morgan fingerprint density at radius 1 is 1.11 bits per heavy atom. The van der Waals surface area contributed by atoms with Gasteiger partial charge in [-0.15, -0.1) is 0 Å². The highest BCUT2D eigenvalue weighted by molar-refractivity contribution is 6.07. The van der Waals surface area contributed by atoms with Crippen LogP contribution in [0.4, 0.5) is 10.2 Å². The lowest BCUT2D eigenvalue weighted by molar-refractivity contribution is 0.0952. The number of amides is 1. The second-order valence-electron chi connectivity index (χ2n) is 7.31. The summed E-state index contributed by atoms with van der Waals surface area (Å²) in [5.74, 6) is 0.447. The van der Waals surface area contributed by atoms with Crippen LogP contribution in [-0.2, 0) is 0 Å². The summed E-state index contributed by atoms with van der Waals surface area (Å²) >= 11 is 0. The van der Waals surface area contributed by atoms with Crippen molar-refractivity contribution in [3.05, 3.63) is 65.5 Å². The summed E-state index contributed by atoms with van der Waals surface area (Å²) in [4.78, 5) is 17.4. The Morgan fingerprint density at radius 2 is 1.96 bits per heavy atom. The molecule has 1 aromatic heterocycles. The first-order valence-electron chi connectivity index (χ1n) is 9.57. The van der Waals surface area contributed by atoms with Gasteiger partial charge in [-0.2, -0.15) is 0 Å². The number of fused-ring (bicyclic) bond motifs is 2. The van der Waals surface area contributed by atoms with E-state index in [2.05, 4.69) is 15.6 Å².